The number of aromatic hydroxyl groups is 1. The van der Waals surface area contributed by atoms with E-state index in [1.807, 2.05) is 0 Å². The third-order valence-electron chi connectivity index (χ3n) is 2.18. The first kappa shape index (κ1) is 16.6. The van der Waals surface area contributed by atoms with E-state index in [0.717, 1.165) is 12.1 Å². The molecule has 0 aliphatic carbocycles. The summed E-state index contributed by atoms with van der Waals surface area (Å²) in [6.07, 6.45) is -2.07. The number of alkyl halides is 1. The molecule has 1 unspecified atom stereocenters. The molecule has 3 N–H and O–H groups in total. The van der Waals surface area contributed by atoms with Crippen LogP contribution < -0.4 is 5.73 Å². The van der Waals surface area contributed by atoms with Crippen molar-refractivity contribution in [3.8, 4) is 5.75 Å². The smallest absolute Gasteiger partial charge is 0.342 e. The number of carbonyl (C=O) groups is 1. The maximum Gasteiger partial charge on any atom is 0.342 e. The highest BCUT2D eigenvalue weighted by atomic mass is 35.5. The standard InChI is InChI=1S/C11H13F2NO3.ClH/c1-2-17-11(16)9(13)10(14)6-3-4-8(15)7(12)5-6;/h3-5,9-10,15H,2,14H2,1H3;1H/t9?,10-;/m1./s1. The lowest BCUT2D eigenvalue weighted by Crippen LogP contribution is -2.31. The summed E-state index contributed by atoms with van der Waals surface area (Å²) in [6.45, 7) is 1.58. The Morgan fingerprint density at radius 2 is 2.17 bits per heavy atom. The zero-order valence-corrected chi connectivity index (χ0v) is 10.4. The van der Waals surface area contributed by atoms with Crippen molar-refractivity contribution >= 4 is 18.4 Å². The fraction of sp³-hybridized carbons (Fsp3) is 0.364. The van der Waals surface area contributed by atoms with Crippen LogP contribution in [0, 0.1) is 5.82 Å². The molecule has 0 heterocycles. The predicted molar refractivity (Wildman–Crippen MR) is 63.8 cm³/mol. The van der Waals surface area contributed by atoms with Crippen molar-refractivity contribution in [1.29, 1.82) is 0 Å². The van der Waals surface area contributed by atoms with Gasteiger partial charge < -0.3 is 15.6 Å². The summed E-state index contributed by atoms with van der Waals surface area (Å²) in [7, 11) is 0. The topological polar surface area (TPSA) is 72.5 Å². The van der Waals surface area contributed by atoms with E-state index >= 15 is 0 Å². The van der Waals surface area contributed by atoms with Crippen LogP contribution in [0.1, 0.15) is 18.5 Å². The Kier molecular flexibility index (Phi) is 6.57. The number of nitrogens with two attached hydrogens (primary N) is 1. The molecule has 4 nitrogen and oxygen atoms in total. The van der Waals surface area contributed by atoms with Crippen molar-refractivity contribution < 1.29 is 23.4 Å². The maximum atomic E-state index is 13.5. The van der Waals surface area contributed by atoms with Crippen molar-refractivity contribution in [2.24, 2.45) is 5.73 Å². The largest absolute Gasteiger partial charge is 0.505 e. The Labute approximate surface area is 109 Å². The lowest BCUT2D eigenvalue weighted by molar-refractivity contribution is -0.149. The van der Waals surface area contributed by atoms with Crippen LogP contribution in [0.4, 0.5) is 8.78 Å². The van der Waals surface area contributed by atoms with Crippen LogP contribution in [0.15, 0.2) is 18.2 Å². The van der Waals surface area contributed by atoms with Crippen molar-refractivity contribution in [2.75, 3.05) is 6.61 Å². The number of carbonyl (C=O) groups excluding carboxylic acids is 1. The van der Waals surface area contributed by atoms with Crippen molar-refractivity contribution in [2.45, 2.75) is 19.1 Å². The minimum atomic E-state index is -2.07. The second-order valence-electron chi connectivity index (χ2n) is 3.39. The molecule has 1 aromatic carbocycles. The maximum absolute atomic E-state index is 13.5. The van der Waals surface area contributed by atoms with Crippen molar-refractivity contribution in [1.82, 2.24) is 0 Å². The Morgan fingerprint density at radius 1 is 1.56 bits per heavy atom. The number of halogens is 3. The van der Waals surface area contributed by atoms with Crippen molar-refractivity contribution in [3.05, 3.63) is 29.6 Å². The van der Waals surface area contributed by atoms with Gasteiger partial charge in [0.25, 0.3) is 0 Å². The van der Waals surface area contributed by atoms with Gasteiger partial charge in [0, 0.05) is 0 Å². The van der Waals surface area contributed by atoms with E-state index in [1.54, 1.807) is 0 Å². The average molecular weight is 282 g/mol. The number of hydrogen-bond acceptors (Lipinski definition) is 4. The molecule has 0 saturated carbocycles. The van der Waals surface area contributed by atoms with Gasteiger partial charge >= 0.3 is 5.97 Å². The van der Waals surface area contributed by atoms with Gasteiger partial charge in [-0.15, -0.1) is 12.4 Å². The molecule has 7 heteroatoms. The number of benzene rings is 1. The molecule has 0 bridgehead atoms. The van der Waals surface area contributed by atoms with Crippen LogP contribution in [0.3, 0.4) is 0 Å². The minimum absolute atomic E-state index is 0. The Bertz CT molecular complexity index is 417. The predicted octanol–water partition coefficient (Wildman–Crippen LogP) is 1.85. The quantitative estimate of drug-likeness (QED) is 0.826. The van der Waals surface area contributed by atoms with E-state index in [0.29, 0.717) is 0 Å². The first-order chi connectivity index (χ1) is 7.97. The highest BCUT2D eigenvalue weighted by Gasteiger charge is 2.28. The molecule has 0 aliphatic heterocycles. The van der Waals surface area contributed by atoms with E-state index < -0.39 is 29.7 Å². The lowest BCUT2D eigenvalue weighted by atomic mass is 10.0. The lowest BCUT2D eigenvalue weighted by Gasteiger charge is -2.16. The van der Waals surface area contributed by atoms with Gasteiger partial charge in [0.05, 0.1) is 12.6 Å². The van der Waals surface area contributed by atoms with Crippen LogP contribution >= 0.6 is 12.4 Å². The zero-order valence-electron chi connectivity index (χ0n) is 9.60. The van der Waals surface area contributed by atoms with Gasteiger partial charge in [-0.3, -0.25) is 0 Å². The molecule has 0 spiro atoms. The van der Waals surface area contributed by atoms with E-state index in [9.17, 15) is 13.6 Å². The van der Waals surface area contributed by atoms with Gasteiger partial charge in [0.1, 0.15) is 0 Å². The van der Waals surface area contributed by atoms with Crippen LogP contribution in [-0.4, -0.2) is 23.9 Å². The number of esters is 1. The first-order valence-electron chi connectivity index (χ1n) is 5.02. The third kappa shape index (κ3) is 3.82. The van der Waals surface area contributed by atoms with Gasteiger partial charge in [-0.2, -0.15) is 0 Å². The molecular weight excluding hydrogens is 268 g/mol. The summed E-state index contributed by atoms with van der Waals surface area (Å²) in [6, 6.07) is 1.84. The SMILES string of the molecule is CCOC(=O)C(F)[C@H](N)c1ccc(O)c(F)c1.Cl. The molecule has 0 radical (unpaired) electrons. The van der Waals surface area contributed by atoms with E-state index in [2.05, 4.69) is 4.74 Å². The normalized spacial score (nSPS) is 13.3. The van der Waals surface area contributed by atoms with Crippen LogP contribution in [-0.2, 0) is 9.53 Å². The van der Waals surface area contributed by atoms with Gasteiger partial charge in [-0.05, 0) is 24.6 Å². The summed E-state index contributed by atoms with van der Waals surface area (Å²) in [4.78, 5) is 11.1. The molecule has 102 valence electrons. The van der Waals surface area contributed by atoms with Crippen LogP contribution in [0.2, 0.25) is 0 Å². The number of ether oxygens (including phenoxy) is 1. The van der Waals surface area contributed by atoms with Crippen LogP contribution in [0.5, 0.6) is 5.75 Å². The Hall–Kier alpha value is -1.40. The fourth-order valence-corrected chi connectivity index (χ4v) is 1.27. The number of rotatable bonds is 4. The highest BCUT2D eigenvalue weighted by molar-refractivity contribution is 5.85. The Morgan fingerprint density at radius 3 is 2.67 bits per heavy atom. The van der Waals surface area contributed by atoms with Crippen LogP contribution in [0.25, 0.3) is 0 Å². The Balaban J connectivity index is 0.00000289. The summed E-state index contributed by atoms with van der Waals surface area (Å²) in [5, 5.41) is 8.96. The van der Waals surface area contributed by atoms with Gasteiger partial charge in [0.2, 0.25) is 6.17 Å². The molecule has 0 aliphatic rings. The summed E-state index contributed by atoms with van der Waals surface area (Å²) in [5.41, 5.74) is 5.53. The molecule has 0 amide bonds. The van der Waals surface area contributed by atoms with Gasteiger partial charge in [0.15, 0.2) is 11.6 Å². The minimum Gasteiger partial charge on any atom is -0.505 e. The zero-order chi connectivity index (χ0) is 13.0. The average Bonchev–Trinajstić information content (AvgIpc) is 2.31. The molecule has 2 atom stereocenters. The molecular formula is C11H14ClF2NO3. The second-order valence-corrected chi connectivity index (χ2v) is 3.39. The molecule has 0 fully saturated rings. The summed E-state index contributed by atoms with van der Waals surface area (Å²) in [5.74, 6) is -2.57. The van der Waals surface area contributed by atoms with Gasteiger partial charge in [-0.25, -0.2) is 13.6 Å². The van der Waals surface area contributed by atoms with E-state index in [4.69, 9.17) is 10.8 Å². The highest BCUT2D eigenvalue weighted by Crippen LogP contribution is 2.23. The monoisotopic (exact) mass is 281 g/mol. The third-order valence-corrected chi connectivity index (χ3v) is 2.18. The van der Waals surface area contributed by atoms with Crippen molar-refractivity contribution in [3.63, 3.8) is 0 Å². The number of phenols is 1. The molecule has 0 aromatic heterocycles. The van der Waals surface area contributed by atoms with Gasteiger partial charge in [-0.1, -0.05) is 6.07 Å². The molecule has 18 heavy (non-hydrogen) atoms. The molecule has 0 saturated heterocycles. The molecule has 1 aromatic rings. The molecule has 1 rings (SSSR count). The summed E-state index contributed by atoms with van der Waals surface area (Å²) >= 11 is 0. The fourth-order valence-electron chi connectivity index (χ4n) is 1.27. The first-order valence-corrected chi connectivity index (χ1v) is 5.02. The number of hydrogen-bond donors (Lipinski definition) is 2. The van der Waals surface area contributed by atoms with E-state index in [1.165, 1.54) is 13.0 Å². The number of phenolic OH excluding ortho intramolecular Hbond substituents is 1. The summed E-state index contributed by atoms with van der Waals surface area (Å²) < 4.78 is 31.0. The second kappa shape index (κ2) is 7.13. The van der Waals surface area contributed by atoms with E-state index in [-0.39, 0.29) is 24.6 Å².